The van der Waals surface area contributed by atoms with E-state index in [0.29, 0.717) is 11.0 Å². The van der Waals surface area contributed by atoms with E-state index in [1.165, 1.54) is 10.9 Å². The Kier molecular flexibility index (Phi) is 0.999. The average Bonchev–Trinajstić information content (AvgIpc) is 2.87. The minimum atomic E-state index is -0.395. The first kappa shape index (κ1) is 4.62. The fraction of sp³-hybridized carbons (Fsp3) is 0. The number of aromatic nitrogens is 2. The molecule has 72 valence electrons. The Labute approximate surface area is 94.8 Å². The Hall–Kier alpha value is -2.09. The zero-order chi connectivity index (χ0) is 14.4. The first-order valence-corrected chi connectivity index (χ1v) is 4.51. The van der Waals surface area contributed by atoms with Crippen LogP contribution in [0.4, 0.5) is 0 Å². The van der Waals surface area contributed by atoms with Crippen LogP contribution in [0.15, 0.2) is 60.8 Å². The van der Waals surface area contributed by atoms with Crippen LogP contribution in [0.25, 0.3) is 16.7 Å². The van der Waals surface area contributed by atoms with Gasteiger partial charge in [0.15, 0.2) is 0 Å². The second kappa shape index (κ2) is 3.24. The van der Waals surface area contributed by atoms with Crippen molar-refractivity contribution < 1.29 is 6.85 Å². The summed E-state index contributed by atoms with van der Waals surface area (Å²) >= 11 is 0. The molecule has 3 rings (SSSR count). The Morgan fingerprint density at radius 3 is 2.73 bits per heavy atom. The summed E-state index contributed by atoms with van der Waals surface area (Å²) < 4.78 is 40.5. The SMILES string of the molecule is [2H]c1c([2H])c([2H])c(-n2cnc3ccccc32)c([2H])c1[2H]. The second-order valence-electron chi connectivity index (χ2n) is 3.08. The van der Waals surface area contributed by atoms with Crippen molar-refractivity contribution in [2.24, 2.45) is 0 Å². The van der Waals surface area contributed by atoms with Gasteiger partial charge >= 0.3 is 0 Å². The van der Waals surface area contributed by atoms with E-state index in [1.54, 1.807) is 12.1 Å². The van der Waals surface area contributed by atoms with E-state index >= 15 is 0 Å². The van der Waals surface area contributed by atoms with Crippen LogP contribution in [-0.2, 0) is 0 Å². The molecule has 2 aromatic carbocycles. The van der Waals surface area contributed by atoms with Gasteiger partial charge in [0, 0.05) is 5.69 Å². The molecular formula is C13H10N2. The summed E-state index contributed by atoms with van der Waals surface area (Å²) in [7, 11) is 0. The van der Waals surface area contributed by atoms with Crippen LogP contribution in [0.5, 0.6) is 0 Å². The Bertz CT molecular complexity index is 796. The third kappa shape index (κ3) is 1.31. The van der Waals surface area contributed by atoms with Gasteiger partial charge in [-0.15, -0.1) is 0 Å². The van der Waals surface area contributed by atoms with Gasteiger partial charge in [0.05, 0.1) is 17.9 Å². The van der Waals surface area contributed by atoms with Crippen LogP contribution in [0.1, 0.15) is 6.85 Å². The van der Waals surface area contributed by atoms with Gasteiger partial charge < -0.3 is 0 Å². The number of rotatable bonds is 1. The van der Waals surface area contributed by atoms with E-state index in [2.05, 4.69) is 4.98 Å². The highest BCUT2D eigenvalue weighted by Gasteiger charge is 2.01. The predicted octanol–water partition coefficient (Wildman–Crippen LogP) is 3.03. The normalized spacial score (nSPS) is 15.3. The molecule has 3 aromatic rings. The van der Waals surface area contributed by atoms with Crippen molar-refractivity contribution in [3.05, 3.63) is 60.8 Å². The van der Waals surface area contributed by atoms with Crippen molar-refractivity contribution in [3.8, 4) is 5.69 Å². The minimum Gasteiger partial charge on any atom is -0.299 e. The molecule has 0 unspecified atom stereocenters. The Balaban J connectivity index is 2.41. The van der Waals surface area contributed by atoms with Gasteiger partial charge in [0.25, 0.3) is 0 Å². The lowest BCUT2D eigenvalue weighted by Crippen LogP contribution is -1.90. The summed E-state index contributed by atoms with van der Waals surface area (Å²) in [5, 5.41) is 0. The first-order valence-electron chi connectivity index (χ1n) is 7.01. The lowest BCUT2D eigenvalue weighted by molar-refractivity contribution is 1.09. The average molecular weight is 199 g/mol. The molecule has 0 radical (unpaired) electrons. The van der Waals surface area contributed by atoms with E-state index < -0.39 is 6.04 Å². The molecule has 1 aromatic heterocycles. The molecule has 0 aliphatic heterocycles. The highest BCUT2D eigenvalue weighted by atomic mass is 15.0. The van der Waals surface area contributed by atoms with Gasteiger partial charge in [-0.2, -0.15) is 0 Å². The van der Waals surface area contributed by atoms with Crippen molar-refractivity contribution in [1.82, 2.24) is 9.55 Å². The number of para-hydroxylation sites is 3. The Morgan fingerprint density at radius 2 is 1.87 bits per heavy atom. The maximum Gasteiger partial charge on any atom is 0.100 e. The molecule has 0 N–H and O–H groups in total. The molecule has 1 heterocycles. The molecule has 2 heteroatoms. The van der Waals surface area contributed by atoms with Crippen molar-refractivity contribution in [2.45, 2.75) is 0 Å². The minimum absolute atomic E-state index is 0.115. The summed E-state index contributed by atoms with van der Waals surface area (Å²) in [6.45, 7) is 0. The predicted molar refractivity (Wildman–Crippen MR) is 61.1 cm³/mol. The third-order valence-electron chi connectivity index (χ3n) is 2.18. The van der Waals surface area contributed by atoms with Gasteiger partial charge in [-0.1, -0.05) is 30.3 Å². The van der Waals surface area contributed by atoms with E-state index in [4.69, 9.17) is 6.85 Å². The van der Waals surface area contributed by atoms with Gasteiger partial charge in [-0.05, 0) is 24.2 Å². The van der Waals surface area contributed by atoms with E-state index in [9.17, 15) is 0 Å². The number of fused-ring (bicyclic) bond motifs is 1. The molecular weight excluding hydrogens is 184 g/mol. The molecule has 0 saturated heterocycles. The molecule has 0 bridgehead atoms. The molecule has 0 saturated carbocycles. The highest BCUT2D eigenvalue weighted by molar-refractivity contribution is 5.77. The lowest BCUT2D eigenvalue weighted by Gasteiger charge is -2.02. The van der Waals surface area contributed by atoms with Gasteiger partial charge in [-0.3, -0.25) is 4.57 Å². The third-order valence-corrected chi connectivity index (χ3v) is 2.18. The van der Waals surface area contributed by atoms with Crippen molar-refractivity contribution >= 4 is 11.0 Å². The largest absolute Gasteiger partial charge is 0.299 e. The molecule has 0 atom stereocenters. The topological polar surface area (TPSA) is 17.8 Å². The quantitative estimate of drug-likeness (QED) is 0.589. The van der Waals surface area contributed by atoms with Crippen LogP contribution in [0.3, 0.4) is 0 Å². The van der Waals surface area contributed by atoms with Crippen LogP contribution >= 0.6 is 0 Å². The fourth-order valence-corrected chi connectivity index (χ4v) is 1.50. The van der Waals surface area contributed by atoms with Crippen molar-refractivity contribution in [3.63, 3.8) is 0 Å². The molecule has 2 nitrogen and oxygen atoms in total. The fourth-order valence-electron chi connectivity index (χ4n) is 1.50. The maximum absolute atomic E-state index is 7.97. The number of hydrogen-bond donors (Lipinski definition) is 0. The van der Waals surface area contributed by atoms with E-state index in [0.717, 1.165) is 0 Å². The number of imidazole rings is 1. The summed E-state index contributed by atoms with van der Waals surface area (Å²) in [5.74, 6) is 0. The Morgan fingerprint density at radius 1 is 1.07 bits per heavy atom. The van der Waals surface area contributed by atoms with E-state index in [1.807, 2.05) is 12.1 Å². The lowest BCUT2D eigenvalue weighted by atomic mass is 10.3. The molecule has 0 aliphatic carbocycles. The smallest absolute Gasteiger partial charge is 0.100 e. The van der Waals surface area contributed by atoms with Crippen LogP contribution in [0, 0.1) is 0 Å². The summed E-state index contributed by atoms with van der Waals surface area (Å²) in [6, 6.07) is 5.69. The zero-order valence-electron chi connectivity index (χ0n) is 12.8. The van der Waals surface area contributed by atoms with Gasteiger partial charge in [0.1, 0.15) is 6.33 Å². The monoisotopic (exact) mass is 199 g/mol. The first-order chi connectivity index (χ1) is 9.52. The second-order valence-corrected chi connectivity index (χ2v) is 3.08. The molecule has 15 heavy (non-hydrogen) atoms. The zero-order valence-corrected chi connectivity index (χ0v) is 7.78. The van der Waals surface area contributed by atoms with Crippen LogP contribution in [0.2, 0.25) is 0 Å². The van der Waals surface area contributed by atoms with Crippen LogP contribution in [-0.4, -0.2) is 9.55 Å². The summed E-state index contributed by atoms with van der Waals surface area (Å²) in [4.78, 5) is 4.19. The van der Waals surface area contributed by atoms with Crippen molar-refractivity contribution in [1.29, 1.82) is 0 Å². The summed E-state index contributed by atoms with van der Waals surface area (Å²) in [5.41, 5.74) is 1.52. The molecule has 0 spiro atoms. The molecule has 0 fully saturated rings. The molecule has 0 aliphatic rings. The molecule has 0 amide bonds. The highest BCUT2D eigenvalue weighted by Crippen LogP contribution is 2.16. The van der Waals surface area contributed by atoms with E-state index in [-0.39, 0.29) is 29.9 Å². The number of nitrogens with zero attached hydrogens (tertiary/aromatic N) is 2. The number of benzene rings is 2. The maximum atomic E-state index is 7.97. The summed E-state index contributed by atoms with van der Waals surface area (Å²) in [6.07, 6.45) is 1.47. The van der Waals surface area contributed by atoms with Crippen LogP contribution < -0.4 is 0 Å². The van der Waals surface area contributed by atoms with Gasteiger partial charge in [-0.25, -0.2) is 4.98 Å². The van der Waals surface area contributed by atoms with Crippen molar-refractivity contribution in [2.75, 3.05) is 0 Å². The standard InChI is InChI=1S/C13H10N2/c1-2-6-11(7-3-1)15-10-14-12-8-4-5-9-13(12)15/h1-10H/i1D,2D,3D,6D,7D. The van der Waals surface area contributed by atoms with Gasteiger partial charge in [0.2, 0.25) is 0 Å². The number of hydrogen-bond acceptors (Lipinski definition) is 1.